The first-order valence-electron chi connectivity index (χ1n) is 11.6. The van der Waals surface area contributed by atoms with Gasteiger partial charge in [0, 0.05) is 17.8 Å². The highest BCUT2D eigenvalue weighted by molar-refractivity contribution is 8.00. The molecule has 2 N–H and O–H groups in total. The van der Waals surface area contributed by atoms with Crippen molar-refractivity contribution in [3.8, 4) is 0 Å². The number of ether oxygens (including phenoxy) is 1. The lowest BCUT2D eigenvalue weighted by Gasteiger charge is -2.20. The summed E-state index contributed by atoms with van der Waals surface area (Å²) >= 11 is 1.87. The molecule has 0 aromatic carbocycles. The number of carbonyl (C=O) groups is 1. The second-order valence-corrected chi connectivity index (χ2v) is 11.4. The highest BCUT2D eigenvalue weighted by atomic mass is 32.2. The molecule has 7 nitrogen and oxygen atoms in total. The molecule has 3 unspecified atom stereocenters. The van der Waals surface area contributed by atoms with Crippen LogP contribution in [0.1, 0.15) is 58.8 Å². The van der Waals surface area contributed by atoms with Gasteiger partial charge in [-0.05, 0) is 62.4 Å². The first-order valence-corrected chi connectivity index (χ1v) is 14.1. The van der Waals surface area contributed by atoms with Crippen molar-refractivity contribution in [3.63, 3.8) is 0 Å². The summed E-state index contributed by atoms with van der Waals surface area (Å²) in [7, 11) is -3.97. The number of thioether (sulfide) groups is 1. The fraction of sp³-hybridized carbons (Fsp3) is 0.952. The van der Waals surface area contributed by atoms with Gasteiger partial charge in [0.2, 0.25) is 0 Å². The summed E-state index contributed by atoms with van der Waals surface area (Å²) in [5.41, 5.74) is 0. The van der Waals surface area contributed by atoms with E-state index in [2.05, 4.69) is 23.5 Å². The summed E-state index contributed by atoms with van der Waals surface area (Å²) in [4.78, 5) is 14.0. The van der Waals surface area contributed by atoms with Crippen molar-refractivity contribution in [2.75, 3.05) is 32.0 Å². The molecule has 5 fully saturated rings. The molecule has 0 aromatic heterocycles. The van der Waals surface area contributed by atoms with E-state index in [9.17, 15) is 13.2 Å². The Morgan fingerprint density at radius 3 is 2.27 bits per heavy atom. The Hall–Kier alpha value is -0.350. The monoisotopic (exact) mass is 462 g/mol. The number of rotatable bonds is 10. The Morgan fingerprint density at radius 1 is 1.13 bits per heavy atom. The number of nitrogens with zero attached hydrogens (tertiary/aromatic N) is 1. The quantitative estimate of drug-likeness (QED) is 0.381. The van der Waals surface area contributed by atoms with Crippen LogP contribution in [0.25, 0.3) is 0 Å². The van der Waals surface area contributed by atoms with Crippen LogP contribution in [0, 0.1) is 23.7 Å². The summed E-state index contributed by atoms with van der Waals surface area (Å²) in [5.74, 6) is 4.53. The van der Waals surface area contributed by atoms with Gasteiger partial charge in [-0.25, -0.2) is 0 Å². The van der Waals surface area contributed by atoms with E-state index < -0.39 is 10.3 Å². The van der Waals surface area contributed by atoms with Gasteiger partial charge in [-0.3, -0.25) is 9.35 Å². The second-order valence-electron chi connectivity index (χ2n) is 9.09. The summed E-state index contributed by atoms with van der Waals surface area (Å²) < 4.78 is 36.6. The maximum atomic E-state index is 11.7. The SMILES string of the molecule is CCN(CC)CCOC(=O)CSC1C2CC3C(C2)C31.O=S(=O)(O)NC1CCCCC1. The van der Waals surface area contributed by atoms with E-state index in [1.165, 1.54) is 19.3 Å². The number of esters is 1. The van der Waals surface area contributed by atoms with Gasteiger partial charge >= 0.3 is 16.3 Å². The second kappa shape index (κ2) is 11.0. The summed E-state index contributed by atoms with van der Waals surface area (Å²) in [6.45, 7) is 7.73. The first kappa shape index (κ1) is 24.3. The molecule has 5 saturated carbocycles. The van der Waals surface area contributed by atoms with Crippen molar-refractivity contribution in [1.82, 2.24) is 9.62 Å². The molecule has 30 heavy (non-hydrogen) atoms. The van der Waals surface area contributed by atoms with Crippen molar-refractivity contribution >= 4 is 28.0 Å². The van der Waals surface area contributed by atoms with E-state index >= 15 is 0 Å². The lowest BCUT2D eigenvalue weighted by atomic mass is 9.96. The molecule has 0 saturated heterocycles. The Bertz CT molecular complexity index is 650. The normalized spacial score (nSPS) is 32.1. The predicted molar refractivity (Wildman–Crippen MR) is 120 cm³/mol. The van der Waals surface area contributed by atoms with Gasteiger partial charge in [0.15, 0.2) is 0 Å². The Morgan fingerprint density at radius 2 is 1.77 bits per heavy atom. The van der Waals surface area contributed by atoms with Crippen molar-refractivity contribution in [2.45, 2.75) is 70.1 Å². The van der Waals surface area contributed by atoms with Gasteiger partial charge in [-0.2, -0.15) is 13.1 Å². The lowest BCUT2D eigenvalue weighted by molar-refractivity contribution is -0.140. The van der Waals surface area contributed by atoms with Crippen LogP contribution in [0.5, 0.6) is 0 Å². The van der Waals surface area contributed by atoms with Crippen LogP contribution in [-0.2, 0) is 19.8 Å². The van der Waals surface area contributed by atoms with Crippen molar-refractivity contribution in [3.05, 3.63) is 0 Å². The van der Waals surface area contributed by atoms with Crippen LogP contribution in [0.2, 0.25) is 0 Å². The minimum atomic E-state index is -3.97. The highest BCUT2D eigenvalue weighted by Crippen LogP contribution is 2.73. The molecular weight excluding hydrogens is 424 g/mol. The van der Waals surface area contributed by atoms with E-state index in [0.29, 0.717) is 12.4 Å². The van der Waals surface area contributed by atoms with Crippen LogP contribution in [0.4, 0.5) is 0 Å². The number of hydrogen-bond donors (Lipinski definition) is 2. The average molecular weight is 463 g/mol. The summed E-state index contributed by atoms with van der Waals surface area (Å²) in [6.07, 6.45) is 7.86. The third kappa shape index (κ3) is 6.82. The smallest absolute Gasteiger partial charge is 0.333 e. The molecule has 4 bridgehead atoms. The molecule has 9 heteroatoms. The standard InChI is InChI=1S/C15H25NO2S.C6H13NO3S/c1-3-16(4-2)5-6-18-13(17)9-19-15-10-7-11-12(8-10)14(11)15;8-11(9,10)7-6-4-2-1-3-5-6/h10-12,14-15H,3-9H2,1-2H3;6-7H,1-5H2,(H,8,9,10). The first-order chi connectivity index (χ1) is 14.3. The minimum absolute atomic E-state index is 0.0153. The maximum absolute atomic E-state index is 11.7. The van der Waals surface area contributed by atoms with Gasteiger partial charge in [-0.15, -0.1) is 11.8 Å². The molecule has 0 aliphatic heterocycles. The van der Waals surface area contributed by atoms with Gasteiger partial charge < -0.3 is 9.64 Å². The van der Waals surface area contributed by atoms with Gasteiger partial charge in [-0.1, -0.05) is 33.1 Å². The van der Waals surface area contributed by atoms with E-state index in [1.807, 2.05) is 11.8 Å². The van der Waals surface area contributed by atoms with Crippen molar-refractivity contribution in [1.29, 1.82) is 0 Å². The van der Waals surface area contributed by atoms with E-state index in [1.54, 1.807) is 0 Å². The molecule has 5 rings (SSSR count). The van der Waals surface area contributed by atoms with Crippen LogP contribution >= 0.6 is 11.8 Å². The van der Waals surface area contributed by atoms with Crippen molar-refractivity contribution < 1.29 is 22.5 Å². The number of hydrogen-bond acceptors (Lipinski definition) is 6. The Labute approximate surface area is 185 Å². The zero-order chi connectivity index (χ0) is 21.7. The van der Waals surface area contributed by atoms with Crippen molar-refractivity contribution in [2.24, 2.45) is 23.7 Å². The molecule has 174 valence electrons. The third-order valence-corrected chi connectivity index (χ3v) is 9.39. The molecule has 0 aromatic rings. The number of likely N-dealkylation sites (N-methyl/N-ethyl adjacent to an activating group) is 1. The van der Waals surface area contributed by atoms with Gasteiger partial charge in [0.25, 0.3) is 0 Å². The fourth-order valence-electron chi connectivity index (χ4n) is 5.72. The van der Waals surface area contributed by atoms with E-state index in [0.717, 1.165) is 74.2 Å². The fourth-order valence-corrected chi connectivity index (χ4v) is 7.91. The molecule has 5 aliphatic rings. The van der Waals surface area contributed by atoms with Gasteiger partial charge in [0.1, 0.15) is 6.61 Å². The molecule has 0 radical (unpaired) electrons. The Kier molecular flexibility index (Phi) is 8.90. The topological polar surface area (TPSA) is 95.9 Å². The highest BCUT2D eigenvalue weighted by Gasteiger charge is 2.68. The van der Waals surface area contributed by atoms with E-state index in [4.69, 9.17) is 9.29 Å². The molecule has 3 atom stereocenters. The van der Waals surface area contributed by atoms with Crippen LogP contribution < -0.4 is 4.72 Å². The largest absolute Gasteiger partial charge is 0.464 e. The van der Waals surface area contributed by atoms with Gasteiger partial charge in [0.05, 0.1) is 5.75 Å². The molecule has 0 spiro atoms. The van der Waals surface area contributed by atoms with E-state index in [-0.39, 0.29) is 12.0 Å². The third-order valence-electron chi connectivity index (χ3n) is 7.27. The summed E-state index contributed by atoms with van der Waals surface area (Å²) in [6, 6.07) is -0.0428. The van der Waals surface area contributed by atoms with Crippen LogP contribution in [-0.4, -0.2) is 67.1 Å². The molecular formula is C21H38N2O5S2. The molecule has 5 aliphatic carbocycles. The van der Waals surface area contributed by atoms with Crippen LogP contribution in [0.15, 0.2) is 0 Å². The maximum Gasteiger partial charge on any atom is 0.333 e. The predicted octanol–water partition coefficient (Wildman–Crippen LogP) is 2.97. The summed E-state index contributed by atoms with van der Waals surface area (Å²) in [5, 5.41) is 0.783. The number of carbonyl (C=O) groups excluding carboxylic acids is 1. The lowest BCUT2D eigenvalue weighted by Crippen LogP contribution is -2.35. The minimum Gasteiger partial charge on any atom is -0.464 e. The Balaban J connectivity index is 0.000000199. The average Bonchev–Trinajstić information content (AvgIpc) is 3.05. The zero-order valence-corrected chi connectivity index (χ0v) is 19.9. The molecule has 0 heterocycles. The zero-order valence-electron chi connectivity index (χ0n) is 18.3. The molecule has 0 amide bonds. The number of nitrogens with one attached hydrogen (secondary N) is 1. The van der Waals surface area contributed by atoms with Crippen LogP contribution in [0.3, 0.4) is 0 Å².